The zero-order valence-corrected chi connectivity index (χ0v) is 10.9. The van der Waals surface area contributed by atoms with Crippen molar-refractivity contribution in [2.24, 2.45) is 0 Å². The number of amides is 2. The Balaban J connectivity index is 1.79. The molecule has 0 saturated carbocycles. The maximum absolute atomic E-state index is 12.2. The first kappa shape index (κ1) is 12.0. The van der Waals surface area contributed by atoms with Crippen LogP contribution in [0.4, 0.5) is 16.2 Å². The molecule has 0 radical (unpaired) electrons. The van der Waals surface area contributed by atoms with Crippen LogP contribution in [0.5, 0.6) is 0 Å². The van der Waals surface area contributed by atoms with Gasteiger partial charge in [-0.2, -0.15) is 0 Å². The van der Waals surface area contributed by atoms with E-state index >= 15 is 0 Å². The van der Waals surface area contributed by atoms with Gasteiger partial charge in [-0.25, -0.2) is 9.78 Å². The van der Waals surface area contributed by atoms with Crippen LogP contribution in [-0.4, -0.2) is 17.6 Å². The lowest BCUT2D eigenvalue weighted by Gasteiger charge is -2.18. The number of nitrogens with one attached hydrogen (secondary N) is 1. The van der Waals surface area contributed by atoms with Gasteiger partial charge >= 0.3 is 6.03 Å². The molecule has 1 aliphatic rings. The number of para-hydroxylation sites is 1. The van der Waals surface area contributed by atoms with E-state index in [1.807, 2.05) is 24.3 Å². The van der Waals surface area contributed by atoms with Crippen molar-refractivity contribution in [2.75, 3.05) is 16.8 Å². The van der Waals surface area contributed by atoms with E-state index in [9.17, 15) is 4.79 Å². The summed E-state index contributed by atoms with van der Waals surface area (Å²) in [7, 11) is 0. The molecule has 0 aliphatic carbocycles. The van der Waals surface area contributed by atoms with Crippen molar-refractivity contribution in [3.63, 3.8) is 0 Å². The standard InChI is InChI=1S/C14H12ClN3O/c15-13-9-11(5-7-16-13)17-14(19)18-8-6-10-3-1-2-4-12(10)18/h1-5,7,9H,6,8H2,(H,16,17,19). The third-order valence-corrected chi connectivity index (χ3v) is 3.32. The largest absolute Gasteiger partial charge is 0.326 e. The van der Waals surface area contributed by atoms with Gasteiger partial charge in [-0.15, -0.1) is 0 Å². The monoisotopic (exact) mass is 273 g/mol. The second kappa shape index (κ2) is 4.90. The minimum Gasteiger partial charge on any atom is -0.307 e. The topological polar surface area (TPSA) is 45.2 Å². The van der Waals surface area contributed by atoms with Crippen LogP contribution in [0.2, 0.25) is 5.15 Å². The maximum Gasteiger partial charge on any atom is 0.326 e. The number of carbonyl (C=O) groups is 1. The molecule has 2 aromatic rings. The molecule has 0 unspecified atom stereocenters. The minimum atomic E-state index is -0.146. The van der Waals surface area contributed by atoms with Gasteiger partial charge in [-0.1, -0.05) is 29.8 Å². The van der Waals surface area contributed by atoms with Crippen molar-refractivity contribution in [2.45, 2.75) is 6.42 Å². The Labute approximate surface area is 116 Å². The van der Waals surface area contributed by atoms with Gasteiger partial charge in [0.15, 0.2) is 0 Å². The van der Waals surface area contributed by atoms with Crippen LogP contribution in [0, 0.1) is 0 Å². The van der Waals surface area contributed by atoms with Gasteiger partial charge in [0.1, 0.15) is 5.15 Å². The summed E-state index contributed by atoms with van der Waals surface area (Å²) in [6, 6.07) is 11.1. The Bertz CT molecular complexity index is 630. The lowest BCUT2D eigenvalue weighted by Crippen LogP contribution is -2.33. The van der Waals surface area contributed by atoms with E-state index in [1.165, 1.54) is 5.56 Å². The molecule has 0 spiro atoms. The summed E-state index contributed by atoms with van der Waals surface area (Å²) in [5.41, 5.74) is 2.82. The smallest absolute Gasteiger partial charge is 0.307 e. The van der Waals surface area contributed by atoms with Crippen LogP contribution < -0.4 is 10.2 Å². The highest BCUT2D eigenvalue weighted by Crippen LogP contribution is 2.28. The first-order chi connectivity index (χ1) is 9.24. The van der Waals surface area contributed by atoms with E-state index in [4.69, 9.17) is 11.6 Å². The number of hydrogen-bond donors (Lipinski definition) is 1. The molecule has 2 heterocycles. The fourth-order valence-corrected chi connectivity index (χ4v) is 2.39. The molecule has 4 nitrogen and oxygen atoms in total. The van der Waals surface area contributed by atoms with Gasteiger partial charge in [0.05, 0.1) is 0 Å². The Morgan fingerprint density at radius 3 is 3.00 bits per heavy atom. The molecule has 1 aromatic carbocycles. The molecule has 0 fully saturated rings. The first-order valence-corrected chi connectivity index (χ1v) is 6.40. The predicted molar refractivity (Wildman–Crippen MR) is 75.8 cm³/mol. The molecule has 0 saturated heterocycles. The highest BCUT2D eigenvalue weighted by molar-refractivity contribution is 6.29. The summed E-state index contributed by atoms with van der Waals surface area (Å²) in [5.74, 6) is 0. The van der Waals surface area contributed by atoms with E-state index in [0.717, 1.165) is 12.1 Å². The number of fused-ring (bicyclic) bond motifs is 1. The summed E-state index contributed by atoms with van der Waals surface area (Å²) in [4.78, 5) is 17.9. The van der Waals surface area contributed by atoms with Gasteiger partial charge in [0.2, 0.25) is 0 Å². The van der Waals surface area contributed by atoms with Crippen molar-refractivity contribution in [1.29, 1.82) is 0 Å². The van der Waals surface area contributed by atoms with E-state index < -0.39 is 0 Å². The molecule has 2 amide bonds. The molecule has 1 N–H and O–H groups in total. The fraction of sp³-hybridized carbons (Fsp3) is 0.143. The van der Waals surface area contributed by atoms with Crippen molar-refractivity contribution in [3.8, 4) is 0 Å². The maximum atomic E-state index is 12.2. The lowest BCUT2D eigenvalue weighted by atomic mass is 10.2. The molecule has 96 valence electrons. The quantitative estimate of drug-likeness (QED) is 0.810. The fourth-order valence-electron chi connectivity index (χ4n) is 2.22. The number of halogens is 1. The third kappa shape index (κ3) is 2.39. The van der Waals surface area contributed by atoms with Gasteiger partial charge < -0.3 is 5.32 Å². The summed E-state index contributed by atoms with van der Waals surface area (Å²) in [5, 5.41) is 3.19. The number of rotatable bonds is 1. The second-order valence-corrected chi connectivity index (χ2v) is 4.71. The first-order valence-electron chi connectivity index (χ1n) is 6.02. The lowest BCUT2D eigenvalue weighted by molar-refractivity contribution is 0.257. The van der Waals surface area contributed by atoms with E-state index in [2.05, 4.69) is 10.3 Å². The summed E-state index contributed by atoms with van der Waals surface area (Å²) < 4.78 is 0. The minimum absolute atomic E-state index is 0.146. The molecule has 1 aliphatic heterocycles. The number of urea groups is 1. The zero-order chi connectivity index (χ0) is 13.2. The number of nitrogens with zero attached hydrogens (tertiary/aromatic N) is 2. The number of anilines is 2. The van der Waals surface area contributed by atoms with Crippen LogP contribution in [-0.2, 0) is 6.42 Å². The van der Waals surface area contributed by atoms with Gasteiger partial charge in [0.25, 0.3) is 0 Å². The normalized spacial score (nSPS) is 13.2. The third-order valence-electron chi connectivity index (χ3n) is 3.11. The molecule has 0 bridgehead atoms. The number of pyridine rings is 1. The van der Waals surface area contributed by atoms with Crippen LogP contribution in [0.25, 0.3) is 0 Å². The Morgan fingerprint density at radius 2 is 2.16 bits per heavy atom. The highest BCUT2D eigenvalue weighted by Gasteiger charge is 2.23. The van der Waals surface area contributed by atoms with Gasteiger partial charge in [-0.05, 0) is 30.2 Å². The summed E-state index contributed by atoms with van der Waals surface area (Å²) >= 11 is 5.79. The molecule has 0 atom stereocenters. The number of hydrogen-bond acceptors (Lipinski definition) is 2. The Hall–Kier alpha value is -2.07. The van der Waals surface area contributed by atoms with E-state index in [1.54, 1.807) is 23.2 Å². The molecule has 5 heteroatoms. The van der Waals surface area contributed by atoms with E-state index in [0.29, 0.717) is 17.4 Å². The van der Waals surface area contributed by atoms with E-state index in [-0.39, 0.29) is 6.03 Å². The number of aromatic nitrogens is 1. The predicted octanol–water partition coefficient (Wildman–Crippen LogP) is 3.33. The van der Waals surface area contributed by atoms with Crippen molar-refractivity contribution in [1.82, 2.24) is 4.98 Å². The number of carbonyl (C=O) groups excluding carboxylic acids is 1. The van der Waals surface area contributed by atoms with Crippen LogP contribution >= 0.6 is 11.6 Å². The zero-order valence-electron chi connectivity index (χ0n) is 10.1. The van der Waals surface area contributed by atoms with Crippen molar-refractivity contribution in [3.05, 3.63) is 53.3 Å². The molecular weight excluding hydrogens is 262 g/mol. The molecular formula is C14H12ClN3O. The van der Waals surface area contributed by atoms with Gasteiger partial charge in [0, 0.05) is 24.1 Å². The molecule has 19 heavy (non-hydrogen) atoms. The average molecular weight is 274 g/mol. The van der Waals surface area contributed by atoms with Crippen LogP contribution in [0.3, 0.4) is 0 Å². The Morgan fingerprint density at radius 1 is 1.32 bits per heavy atom. The molecule has 1 aromatic heterocycles. The van der Waals surface area contributed by atoms with Crippen LogP contribution in [0.15, 0.2) is 42.6 Å². The highest BCUT2D eigenvalue weighted by atomic mass is 35.5. The second-order valence-electron chi connectivity index (χ2n) is 4.33. The summed E-state index contributed by atoms with van der Waals surface area (Å²) in [6.45, 7) is 0.698. The number of benzene rings is 1. The van der Waals surface area contributed by atoms with Crippen LogP contribution in [0.1, 0.15) is 5.56 Å². The Kier molecular flexibility index (Phi) is 3.09. The average Bonchev–Trinajstić information content (AvgIpc) is 2.82. The summed E-state index contributed by atoms with van der Waals surface area (Å²) in [6.07, 6.45) is 2.45. The van der Waals surface area contributed by atoms with Crippen molar-refractivity contribution < 1.29 is 4.79 Å². The van der Waals surface area contributed by atoms with Gasteiger partial charge in [-0.3, -0.25) is 4.90 Å². The SMILES string of the molecule is O=C(Nc1ccnc(Cl)c1)N1CCc2ccccc21. The van der Waals surface area contributed by atoms with Crippen molar-refractivity contribution >= 4 is 29.0 Å². The molecule has 3 rings (SSSR count).